The lowest BCUT2D eigenvalue weighted by Crippen LogP contribution is -2.46. The zero-order valence-corrected chi connectivity index (χ0v) is 4.77. The molecule has 1 atom stereocenters. The normalized spacial score (nSPS) is 17.4. The molecule has 1 unspecified atom stereocenters. The lowest BCUT2D eigenvalue weighted by molar-refractivity contribution is -0.150. The molecule has 9 heavy (non-hydrogen) atoms. The number of halogens is 2. The van der Waals surface area contributed by atoms with Gasteiger partial charge in [-0.25, -0.2) is 8.78 Å². The maximum Gasteiger partial charge on any atom is 0.275 e. The van der Waals surface area contributed by atoms with Crippen LogP contribution in [0.1, 0.15) is 6.92 Å². The second-order valence-corrected chi connectivity index (χ2v) is 1.81. The van der Waals surface area contributed by atoms with Crippen LogP contribution in [0.4, 0.5) is 8.78 Å². The minimum absolute atomic E-state index is 0.667. The van der Waals surface area contributed by atoms with Gasteiger partial charge in [-0.2, -0.15) is 0 Å². The van der Waals surface area contributed by atoms with Gasteiger partial charge in [-0.05, 0) is 6.92 Å². The Hall–Kier alpha value is -0.710. The summed E-state index contributed by atoms with van der Waals surface area (Å²) in [5.74, 6) is -1.42. The van der Waals surface area contributed by atoms with E-state index >= 15 is 0 Å². The number of hydrogen-bond donors (Lipinski definition) is 2. The molecular formula is C4H7F2NO2. The molecule has 0 saturated heterocycles. The molecule has 0 radical (unpaired) electrons. The third kappa shape index (κ3) is 1.60. The van der Waals surface area contributed by atoms with E-state index in [0.717, 1.165) is 0 Å². The maximum absolute atomic E-state index is 11.5. The Morgan fingerprint density at radius 3 is 2.11 bits per heavy atom. The fourth-order valence-corrected chi connectivity index (χ4v) is 0.108. The quantitative estimate of drug-likeness (QED) is 0.541. The third-order valence-corrected chi connectivity index (χ3v) is 0.924. The first-order valence-corrected chi connectivity index (χ1v) is 2.19. The first kappa shape index (κ1) is 8.29. The summed E-state index contributed by atoms with van der Waals surface area (Å²) in [5, 5.41) is 8.44. The molecule has 0 heterocycles. The first-order chi connectivity index (χ1) is 3.89. The molecule has 0 aromatic heterocycles. The van der Waals surface area contributed by atoms with Crippen molar-refractivity contribution in [2.24, 2.45) is 5.73 Å². The summed E-state index contributed by atoms with van der Waals surface area (Å²) in [5.41, 5.74) is 1.71. The van der Waals surface area contributed by atoms with Gasteiger partial charge in [-0.15, -0.1) is 0 Å². The van der Waals surface area contributed by atoms with Crippen LogP contribution in [0.2, 0.25) is 0 Å². The maximum atomic E-state index is 11.5. The number of rotatable bonds is 2. The van der Waals surface area contributed by atoms with Gasteiger partial charge in [0.2, 0.25) is 5.60 Å². The Morgan fingerprint density at radius 1 is 1.78 bits per heavy atom. The highest BCUT2D eigenvalue weighted by Crippen LogP contribution is 2.13. The molecule has 0 saturated carbocycles. The van der Waals surface area contributed by atoms with Crippen molar-refractivity contribution in [2.45, 2.75) is 19.0 Å². The van der Waals surface area contributed by atoms with E-state index in [0.29, 0.717) is 6.92 Å². The molecule has 0 aromatic rings. The molecule has 1 amide bonds. The third-order valence-electron chi connectivity index (χ3n) is 0.924. The second kappa shape index (κ2) is 2.26. The molecule has 0 rings (SSSR count). The van der Waals surface area contributed by atoms with Crippen molar-refractivity contribution < 1.29 is 18.7 Å². The zero-order valence-electron chi connectivity index (χ0n) is 4.77. The molecule has 0 fully saturated rings. The van der Waals surface area contributed by atoms with Gasteiger partial charge >= 0.3 is 0 Å². The summed E-state index contributed by atoms with van der Waals surface area (Å²) in [6.45, 7) is 0.667. The monoisotopic (exact) mass is 139 g/mol. The highest BCUT2D eigenvalue weighted by molar-refractivity contribution is 5.83. The Kier molecular flexibility index (Phi) is 2.08. The second-order valence-electron chi connectivity index (χ2n) is 1.81. The minimum atomic E-state index is -3.13. The van der Waals surface area contributed by atoms with Crippen LogP contribution in [0.3, 0.4) is 0 Å². The van der Waals surface area contributed by atoms with E-state index in [1.165, 1.54) is 0 Å². The summed E-state index contributed by atoms with van der Waals surface area (Å²) in [7, 11) is 0. The number of aliphatic hydroxyl groups is 1. The van der Waals surface area contributed by atoms with Crippen LogP contribution in [0.25, 0.3) is 0 Å². The van der Waals surface area contributed by atoms with E-state index in [-0.39, 0.29) is 0 Å². The molecule has 0 aliphatic rings. The van der Waals surface area contributed by atoms with Crippen LogP contribution in [0, 0.1) is 0 Å². The predicted octanol–water partition coefficient (Wildman–Crippen LogP) is -0.512. The van der Waals surface area contributed by atoms with Crippen molar-refractivity contribution in [3.8, 4) is 0 Å². The van der Waals surface area contributed by atoms with Crippen LogP contribution >= 0.6 is 0 Å². The number of hydrogen-bond acceptors (Lipinski definition) is 2. The summed E-state index contributed by atoms with van der Waals surface area (Å²) in [6, 6.07) is 0. The van der Waals surface area contributed by atoms with Crippen LogP contribution < -0.4 is 5.73 Å². The topological polar surface area (TPSA) is 63.3 Å². The van der Waals surface area contributed by atoms with Crippen molar-refractivity contribution in [1.82, 2.24) is 0 Å². The van der Waals surface area contributed by atoms with Crippen LogP contribution in [0.15, 0.2) is 0 Å². The standard InChI is InChI=1S/C4H7F2NO2/c1-4(9,2(5)6)3(7)8/h2,9H,1H3,(H2,7,8). The number of primary amides is 1. The first-order valence-electron chi connectivity index (χ1n) is 2.19. The summed E-state index contributed by atoms with van der Waals surface area (Å²) in [4.78, 5) is 9.95. The highest BCUT2D eigenvalue weighted by Gasteiger charge is 2.38. The lowest BCUT2D eigenvalue weighted by atomic mass is 10.1. The number of alkyl halides is 2. The molecule has 0 bridgehead atoms. The molecule has 0 spiro atoms. The molecule has 0 aliphatic carbocycles. The number of carbonyl (C=O) groups excluding carboxylic acids is 1. The highest BCUT2D eigenvalue weighted by atomic mass is 19.3. The van der Waals surface area contributed by atoms with Gasteiger partial charge < -0.3 is 10.8 Å². The Bertz CT molecular complexity index is 124. The molecular weight excluding hydrogens is 132 g/mol. The molecule has 3 N–H and O–H groups in total. The van der Waals surface area contributed by atoms with Gasteiger partial charge in [0.1, 0.15) is 0 Å². The van der Waals surface area contributed by atoms with Gasteiger partial charge in [-0.3, -0.25) is 4.79 Å². The molecule has 0 aromatic carbocycles. The van der Waals surface area contributed by atoms with Gasteiger partial charge in [0.15, 0.2) is 0 Å². The fourth-order valence-electron chi connectivity index (χ4n) is 0.108. The fraction of sp³-hybridized carbons (Fsp3) is 0.750. The Morgan fingerprint density at radius 2 is 2.11 bits per heavy atom. The van der Waals surface area contributed by atoms with Crippen molar-refractivity contribution in [2.75, 3.05) is 0 Å². The Balaban J connectivity index is 4.19. The molecule has 5 heteroatoms. The van der Waals surface area contributed by atoms with Crippen LogP contribution in [-0.2, 0) is 4.79 Å². The SMILES string of the molecule is CC(O)(C(N)=O)C(F)F. The minimum Gasteiger partial charge on any atom is -0.375 e. The predicted molar refractivity (Wildman–Crippen MR) is 25.8 cm³/mol. The van der Waals surface area contributed by atoms with E-state index in [9.17, 15) is 13.6 Å². The van der Waals surface area contributed by atoms with E-state index in [2.05, 4.69) is 5.73 Å². The zero-order chi connectivity index (χ0) is 7.65. The lowest BCUT2D eigenvalue weighted by Gasteiger charge is -2.16. The average molecular weight is 139 g/mol. The van der Waals surface area contributed by atoms with Gasteiger partial charge in [0.05, 0.1) is 0 Å². The van der Waals surface area contributed by atoms with E-state index in [1.807, 2.05) is 0 Å². The van der Waals surface area contributed by atoms with E-state index < -0.39 is 17.9 Å². The van der Waals surface area contributed by atoms with E-state index in [4.69, 9.17) is 5.11 Å². The molecule has 3 nitrogen and oxygen atoms in total. The van der Waals surface area contributed by atoms with Crippen LogP contribution in [-0.4, -0.2) is 23.0 Å². The van der Waals surface area contributed by atoms with E-state index in [1.54, 1.807) is 0 Å². The smallest absolute Gasteiger partial charge is 0.275 e. The largest absolute Gasteiger partial charge is 0.375 e. The number of nitrogens with two attached hydrogens (primary N) is 1. The summed E-state index contributed by atoms with van der Waals surface area (Å²) >= 11 is 0. The summed E-state index contributed by atoms with van der Waals surface area (Å²) < 4.78 is 23.0. The molecule has 0 aliphatic heterocycles. The number of amides is 1. The van der Waals surface area contributed by atoms with Crippen molar-refractivity contribution in [3.63, 3.8) is 0 Å². The van der Waals surface area contributed by atoms with Crippen molar-refractivity contribution in [3.05, 3.63) is 0 Å². The Labute approximate surface area is 50.5 Å². The number of carbonyl (C=O) groups is 1. The van der Waals surface area contributed by atoms with Gasteiger partial charge in [-0.1, -0.05) is 0 Å². The van der Waals surface area contributed by atoms with Crippen LogP contribution in [0.5, 0.6) is 0 Å². The average Bonchev–Trinajstić information content (AvgIpc) is 1.65. The van der Waals surface area contributed by atoms with Gasteiger partial charge in [0, 0.05) is 0 Å². The van der Waals surface area contributed by atoms with Crippen molar-refractivity contribution in [1.29, 1.82) is 0 Å². The van der Waals surface area contributed by atoms with Crippen molar-refractivity contribution >= 4 is 5.91 Å². The summed E-state index contributed by atoms with van der Waals surface area (Å²) in [6.07, 6.45) is -3.13. The van der Waals surface area contributed by atoms with Gasteiger partial charge in [0.25, 0.3) is 12.3 Å². The molecule has 54 valence electrons.